The highest BCUT2D eigenvalue weighted by Crippen LogP contribution is 2.09. The monoisotopic (exact) mass is 220 g/mol. The molecule has 84 valence electrons. The Morgan fingerprint density at radius 3 is 2.88 bits per heavy atom. The normalized spacial score (nSPS) is 10.1. The fourth-order valence-corrected chi connectivity index (χ4v) is 1.29. The Morgan fingerprint density at radius 1 is 1.44 bits per heavy atom. The van der Waals surface area contributed by atoms with E-state index in [-0.39, 0.29) is 5.76 Å². The van der Waals surface area contributed by atoms with Crippen LogP contribution in [0.5, 0.6) is 0 Å². The average molecular weight is 220 g/mol. The molecular weight excluding hydrogens is 208 g/mol. The topological polar surface area (TPSA) is 56.4 Å². The molecule has 0 aliphatic carbocycles. The van der Waals surface area contributed by atoms with Crippen LogP contribution in [0.1, 0.15) is 16.3 Å². The number of hydrogen-bond acceptors (Lipinski definition) is 4. The summed E-state index contributed by atoms with van der Waals surface area (Å²) in [5.74, 6) is 0.424. The van der Waals surface area contributed by atoms with Crippen molar-refractivity contribution in [1.29, 1.82) is 0 Å². The molecular formula is C11H12N2O3. The highest BCUT2D eigenvalue weighted by atomic mass is 16.5. The lowest BCUT2D eigenvalue weighted by molar-refractivity contribution is 0.0563. The molecule has 2 rings (SSSR count). The van der Waals surface area contributed by atoms with E-state index in [0.717, 1.165) is 0 Å². The number of carbonyl (C=O) groups excluding carboxylic acids is 1. The second-order valence-electron chi connectivity index (χ2n) is 3.18. The smallest absolute Gasteiger partial charge is 0.373 e. The van der Waals surface area contributed by atoms with Gasteiger partial charge in [-0.3, -0.25) is 4.68 Å². The van der Waals surface area contributed by atoms with Crippen LogP contribution in [0, 0.1) is 0 Å². The van der Waals surface area contributed by atoms with Gasteiger partial charge in [-0.2, -0.15) is 0 Å². The first-order valence-corrected chi connectivity index (χ1v) is 4.83. The van der Waals surface area contributed by atoms with Gasteiger partial charge in [-0.1, -0.05) is 0 Å². The van der Waals surface area contributed by atoms with Gasteiger partial charge in [0.2, 0.25) is 5.76 Å². The average Bonchev–Trinajstić information content (AvgIpc) is 2.96. The minimum atomic E-state index is -0.466. The predicted molar refractivity (Wildman–Crippen MR) is 57.5 cm³/mol. The van der Waals surface area contributed by atoms with Gasteiger partial charge in [0.1, 0.15) is 5.76 Å². The van der Waals surface area contributed by atoms with Crippen LogP contribution < -0.4 is 5.43 Å². The fourth-order valence-electron chi connectivity index (χ4n) is 1.29. The SMILES string of the molecule is COC(=O)c1ccc(CNn2cccc2)o1. The van der Waals surface area contributed by atoms with Crippen molar-refractivity contribution in [2.75, 3.05) is 12.5 Å². The molecule has 0 saturated heterocycles. The zero-order valence-corrected chi connectivity index (χ0v) is 8.84. The number of aromatic nitrogens is 1. The van der Waals surface area contributed by atoms with E-state index in [1.807, 2.05) is 24.5 Å². The molecule has 0 aliphatic heterocycles. The quantitative estimate of drug-likeness (QED) is 0.795. The Kier molecular flexibility index (Phi) is 2.95. The van der Waals surface area contributed by atoms with Crippen molar-refractivity contribution in [3.63, 3.8) is 0 Å². The number of rotatable bonds is 4. The first-order valence-electron chi connectivity index (χ1n) is 4.83. The molecule has 1 N–H and O–H groups in total. The van der Waals surface area contributed by atoms with E-state index in [1.54, 1.807) is 16.8 Å². The van der Waals surface area contributed by atoms with Crippen LogP contribution in [0.15, 0.2) is 41.1 Å². The number of nitrogens with one attached hydrogen (secondary N) is 1. The van der Waals surface area contributed by atoms with E-state index in [1.165, 1.54) is 7.11 Å². The number of nitrogens with zero attached hydrogens (tertiary/aromatic N) is 1. The van der Waals surface area contributed by atoms with Crippen LogP contribution in [-0.2, 0) is 11.3 Å². The second-order valence-corrected chi connectivity index (χ2v) is 3.18. The van der Waals surface area contributed by atoms with Gasteiger partial charge < -0.3 is 14.6 Å². The molecule has 2 aromatic heterocycles. The van der Waals surface area contributed by atoms with Gasteiger partial charge in [-0.05, 0) is 24.3 Å². The van der Waals surface area contributed by atoms with Crippen LogP contribution in [0.25, 0.3) is 0 Å². The van der Waals surface area contributed by atoms with Crippen molar-refractivity contribution in [2.24, 2.45) is 0 Å². The number of methoxy groups -OCH3 is 1. The highest BCUT2D eigenvalue weighted by molar-refractivity contribution is 5.86. The molecule has 0 amide bonds. The van der Waals surface area contributed by atoms with Crippen LogP contribution >= 0.6 is 0 Å². The van der Waals surface area contributed by atoms with Crippen LogP contribution in [0.2, 0.25) is 0 Å². The molecule has 0 spiro atoms. The van der Waals surface area contributed by atoms with Gasteiger partial charge in [-0.15, -0.1) is 0 Å². The Hall–Kier alpha value is -2.17. The van der Waals surface area contributed by atoms with Crippen molar-refractivity contribution in [2.45, 2.75) is 6.54 Å². The molecule has 0 fully saturated rings. The van der Waals surface area contributed by atoms with Gasteiger partial charge in [0.25, 0.3) is 0 Å². The standard InChI is InChI=1S/C11H12N2O3/c1-15-11(14)10-5-4-9(16-10)8-12-13-6-2-3-7-13/h2-7,12H,8H2,1H3. The van der Waals surface area contributed by atoms with Crippen molar-refractivity contribution in [1.82, 2.24) is 4.68 Å². The molecule has 0 bridgehead atoms. The maximum absolute atomic E-state index is 11.1. The zero-order valence-electron chi connectivity index (χ0n) is 8.84. The molecule has 0 radical (unpaired) electrons. The number of esters is 1. The van der Waals surface area contributed by atoms with E-state index < -0.39 is 5.97 Å². The summed E-state index contributed by atoms with van der Waals surface area (Å²) in [6.07, 6.45) is 3.76. The third kappa shape index (κ3) is 2.25. The van der Waals surface area contributed by atoms with Crippen molar-refractivity contribution in [3.05, 3.63) is 48.2 Å². The summed E-state index contributed by atoms with van der Waals surface area (Å²) in [5.41, 5.74) is 3.08. The summed E-state index contributed by atoms with van der Waals surface area (Å²) in [5, 5.41) is 0. The lowest BCUT2D eigenvalue weighted by Gasteiger charge is -2.04. The Labute approximate surface area is 92.6 Å². The molecule has 5 heteroatoms. The first kappa shape index (κ1) is 10.4. The zero-order chi connectivity index (χ0) is 11.4. The van der Waals surface area contributed by atoms with Crippen molar-refractivity contribution in [3.8, 4) is 0 Å². The van der Waals surface area contributed by atoms with Crippen LogP contribution in [-0.4, -0.2) is 17.8 Å². The van der Waals surface area contributed by atoms with Crippen LogP contribution in [0.3, 0.4) is 0 Å². The molecule has 0 saturated carbocycles. The summed E-state index contributed by atoms with van der Waals surface area (Å²) in [6, 6.07) is 7.16. The Morgan fingerprint density at radius 2 is 2.19 bits per heavy atom. The summed E-state index contributed by atoms with van der Waals surface area (Å²) >= 11 is 0. The number of carbonyl (C=O) groups is 1. The lowest BCUT2D eigenvalue weighted by atomic mass is 10.4. The minimum absolute atomic E-state index is 0.215. The number of hydrogen-bond donors (Lipinski definition) is 1. The Bertz CT molecular complexity index is 459. The summed E-state index contributed by atoms with van der Waals surface area (Å²) in [6.45, 7) is 0.506. The Balaban J connectivity index is 1.95. The first-order chi connectivity index (χ1) is 7.79. The van der Waals surface area contributed by atoms with Gasteiger partial charge in [0.05, 0.1) is 13.7 Å². The fraction of sp³-hybridized carbons (Fsp3) is 0.182. The van der Waals surface area contributed by atoms with Crippen LogP contribution in [0.4, 0.5) is 0 Å². The molecule has 2 heterocycles. The third-order valence-corrected chi connectivity index (χ3v) is 2.09. The summed E-state index contributed by atoms with van der Waals surface area (Å²) in [7, 11) is 1.32. The van der Waals surface area contributed by atoms with E-state index in [0.29, 0.717) is 12.3 Å². The molecule has 0 atom stereocenters. The number of ether oxygens (including phenoxy) is 1. The molecule has 16 heavy (non-hydrogen) atoms. The third-order valence-electron chi connectivity index (χ3n) is 2.09. The molecule has 0 aromatic carbocycles. The van der Waals surface area contributed by atoms with E-state index >= 15 is 0 Å². The molecule has 0 unspecified atom stereocenters. The van der Waals surface area contributed by atoms with E-state index in [2.05, 4.69) is 10.2 Å². The summed E-state index contributed by atoms with van der Waals surface area (Å²) in [4.78, 5) is 11.1. The molecule has 2 aromatic rings. The summed E-state index contributed by atoms with van der Waals surface area (Å²) < 4.78 is 11.6. The van der Waals surface area contributed by atoms with Gasteiger partial charge in [0, 0.05) is 12.4 Å². The maximum Gasteiger partial charge on any atom is 0.373 e. The van der Waals surface area contributed by atoms with Gasteiger partial charge in [0.15, 0.2) is 0 Å². The minimum Gasteiger partial charge on any atom is -0.463 e. The lowest BCUT2D eigenvalue weighted by Crippen LogP contribution is -2.11. The van der Waals surface area contributed by atoms with Crippen molar-refractivity contribution < 1.29 is 13.9 Å². The maximum atomic E-state index is 11.1. The van der Waals surface area contributed by atoms with Gasteiger partial charge >= 0.3 is 5.97 Å². The predicted octanol–water partition coefficient (Wildman–Crippen LogP) is 1.61. The van der Waals surface area contributed by atoms with Gasteiger partial charge in [-0.25, -0.2) is 4.79 Å². The number of furan rings is 1. The second kappa shape index (κ2) is 4.57. The largest absolute Gasteiger partial charge is 0.463 e. The molecule has 0 aliphatic rings. The molecule has 5 nitrogen and oxygen atoms in total. The van der Waals surface area contributed by atoms with E-state index in [4.69, 9.17) is 4.42 Å². The highest BCUT2D eigenvalue weighted by Gasteiger charge is 2.10. The van der Waals surface area contributed by atoms with Crippen molar-refractivity contribution >= 4 is 5.97 Å². The van der Waals surface area contributed by atoms with E-state index in [9.17, 15) is 4.79 Å².